The van der Waals surface area contributed by atoms with Crippen LogP contribution in [-0.4, -0.2) is 42.4 Å². The molecule has 6 nitrogen and oxygen atoms in total. The van der Waals surface area contributed by atoms with Gasteiger partial charge in [-0.05, 0) is 19.3 Å². The molecule has 6 heteroatoms. The third kappa shape index (κ3) is 5.53. The van der Waals surface area contributed by atoms with Crippen molar-refractivity contribution in [2.45, 2.75) is 44.7 Å². The average Bonchev–Trinajstić information content (AvgIpc) is 2.28. The van der Waals surface area contributed by atoms with Gasteiger partial charge in [0.15, 0.2) is 0 Å². The normalized spacial score (nSPS) is 18.4. The number of carboxylic acid groups (broad SMARTS) is 1. The van der Waals surface area contributed by atoms with Gasteiger partial charge in [-0.25, -0.2) is 4.79 Å². The van der Waals surface area contributed by atoms with Gasteiger partial charge in [0, 0.05) is 25.3 Å². The topological polar surface area (TPSA) is 87.7 Å². The van der Waals surface area contributed by atoms with E-state index in [1.807, 2.05) is 6.92 Å². The van der Waals surface area contributed by atoms with Crippen LogP contribution in [0, 0.1) is 0 Å². The second kappa shape index (κ2) is 7.11. The Balaban J connectivity index is 2.28. The van der Waals surface area contributed by atoms with Crippen LogP contribution in [0.5, 0.6) is 0 Å². The molecule has 0 aromatic heterocycles. The lowest BCUT2D eigenvalue weighted by Crippen LogP contribution is -2.48. The summed E-state index contributed by atoms with van der Waals surface area (Å²) in [5, 5.41) is 14.2. The second-order valence-corrected chi connectivity index (χ2v) is 4.21. The van der Waals surface area contributed by atoms with E-state index >= 15 is 0 Å². The smallest absolute Gasteiger partial charge is 0.315 e. The van der Waals surface area contributed by atoms with Gasteiger partial charge in [0.2, 0.25) is 0 Å². The van der Waals surface area contributed by atoms with Gasteiger partial charge in [0.05, 0.1) is 6.42 Å². The van der Waals surface area contributed by atoms with Crippen LogP contribution in [0.3, 0.4) is 0 Å². The second-order valence-electron chi connectivity index (χ2n) is 4.21. The van der Waals surface area contributed by atoms with E-state index < -0.39 is 5.97 Å². The number of hydrogen-bond acceptors (Lipinski definition) is 3. The van der Waals surface area contributed by atoms with Gasteiger partial charge in [0.1, 0.15) is 0 Å². The van der Waals surface area contributed by atoms with E-state index in [0.29, 0.717) is 19.6 Å². The molecule has 1 unspecified atom stereocenters. The van der Waals surface area contributed by atoms with Crippen molar-refractivity contribution < 1.29 is 19.4 Å². The van der Waals surface area contributed by atoms with Crippen molar-refractivity contribution >= 4 is 12.0 Å². The number of hydrogen-bond donors (Lipinski definition) is 3. The highest BCUT2D eigenvalue weighted by Gasteiger charge is 2.18. The Morgan fingerprint density at radius 2 is 2.06 bits per heavy atom. The maximum atomic E-state index is 11.6. The highest BCUT2D eigenvalue weighted by Crippen LogP contribution is 2.06. The van der Waals surface area contributed by atoms with E-state index in [0.717, 1.165) is 12.8 Å². The monoisotopic (exact) mass is 244 g/mol. The Labute approximate surface area is 101 Å². The lowest BCUT2D eigenvalue weighted by atomic mass is 10.1. The summed E-state index contributed by atoms with van der Waals surface area (Å²) in [7, 11) is 0. The molecule has 1 aliphatic rings. The summed E-state index contributed by atoms with van der Waals surface area (Å²) in [4.78, 5) is 22.2. The predicted octanol–water partition coefficient (Wildman–Crippen LogP) is 0.718. The number of nitrogens with one attached hydrogen (secondary N) is 2. The molecule has 0 aromatic carbocycles. The highest BCUT2D eigenvalue weighted by molar-refractivity contribution is 5.76. The molecule has 0 spiro atoms. The Hall–Kier alpha value is -1.30. The zero-order chi connectivity index (χ0) is 12.7. The first kappa shape index (κ1) is 13.8. The molecule has 1 atom stereocenters. The van der Waals surface area contributed by atoms with Gasteiger partial charge in [-0.15, -0.1) is 0 Å². The average molecular weight is 244 g/mol. The van der Waals surface area contributed by atoms with Crippen LogP contribution < -0.4 is 10.6 Å². The third-order valence-electron chi connectivity index (χ3n) is 2.81. The number of aliphatic carboxylic acids is 1. The van der Waals surface area contributed by atoms with Crippen LogP contribution in [0.2, 0.25) is 0 Å². The molecule has 1 rings (SSSR count). The van der Waals surface area contributed by atoms with E-state index in [1.165, 1.54) is 0 Å². The Bertz CT molecular complexity index is 264. The molecule has 1 heterocycles. The molecule has 98 valence electrons. The van der Waals surface area contributed by atoms with Crippen LogP contribution in [0.1, 0.15) is 32.6 Å². The molecule has 0 bridgehead atoms. The summed E-state index contributed by atoms with van der Waals surface area (Å²) in [6.07, 6.45) is 2.18. The van der Waals surface area contributed by atoms with Crippen LogP contribution in [0.4, 0.5) is 4.79 Å². The van der Waals surface area contributed by atoms with Gasteiger partial charge in [-0.3, -0.25) is 4.79 Å². The quantitative estimate of drug-likeness (QED) is 0.665. The maximum absolute atomic E-state index is 11.6. The summed E-state index contributed by atoms with van der Waals surface area (Å²) in [5.74, 6) is -0.900. The molecule has 1 saturated heterocycles. The van der Waals surface area contributed by atoms with Gasteiger partial charge < -0.3 is 20.5 Å². The first-order valence-corrected chi connectivity index (χ1v) is 5.98. The lowest BCUT2D eigenvalue weighted by molar-refractivity contribution is -0.137. The summed E-state index contributed by atoms with van der Waals surface area (Å²) < 4.78 is 5.19. The number of urea groups is 1. The molecule has 0 saturated carbocycles. The van der Waals surface area contributed by atoms with Crippen LogP contribution in [-0.2, 0) is 9.53 Å². The van der Waals surface area contributed by atoms with Crippen molar-refractivity contribution in [1.82, 2.24) is 10.6 Å². The molecule has 0 radical (unpaired) electrons. The number of rotatable bonds is 5. The fourth-order valence-corrected chi connectivity index (χ4v) is 1.76. The van der Waals surface area contributed by atoms with Crippen LogP contribution >= 0.6 is 0 Å². The van der Waals surface area contributed by atoms with Crippen molar-refractivity contribution in [3.8, 4) is 0 Å². The van der Waals surface area contributed by atoms with Crippen molar-refractivity contribution in [3.05, 3.63) is 0 Å². The van der Waals surface area contributed by atoms with E-state index in [4.69, 9.17) is 9.84 Å². The molecule has 3 N–H and O–H groups in total. The molecule has 1 fully saturated rings. The first-order valence-electron chi connectivity index (χ1n) is 5.98. The largest absolute Gasteiger partial charge is 0.481 e. The fraction of sp³-hybridized carbons (Fsp3) is 0.818. The SMILES string of the molecule is CCC(CC(=O)O)NC(=O)NC1CCOCC1. The zero-order valence-electron chi connectivity index (χ0n) is 10.1. The molecule has 2 amide bonds. The number of carbonyl (C=O) groups excluding carboxylic acids is 1. The summed E-state index contributed by atoms with van der Waals surface area (Å²) >= 11 is 0. The van der Waals surface area contributed by atoms with Crippen LogP contribution in [0.25, 0.3) is 0 Å². The Morgan fingerprint density at radius 1 is 1.41 bits per heavy atom. The predicted molar refractivity (Wildman–Crippen MR) is 61.8 cm³/mol. The zero-order valence-corrected chi connectivity index (χ0v) is 10.1. The minimum Gasteiger partial charge on any atom is -0.481 e. The van der Waals surface area contributed by atoms with Crippen LogP contribution in [0.15, 0.2) is 0 Å². The standard InChI is InChI=1S/C11H20N2O4/c1-2-8(7-10(14)15)12-11(16)13-9-3-5-17-6-4-9/h8-9H,2-7H2,1H3,(H,14,15)(H2,12,13,16). The maximum Gasteiger partial charge on any atom is 0.315 e. The van der Waals surface area contributed by atoms with Crippen molar-refractivity contribution in [2.75, 3.05) is 13.2 Å². The molecule has 17 heavy (non-hydrogen) atoms. The van der Waals surface area contributed by atoms with Crippen molar-refractivity contribution in [3.63, 3.8) is 0 Å². The molecule has 1 aliphatic heterocycles. The fourth-order valence-electron chi connectivity index (χ4n) is 1.76. The number of amides is 2. The minimum absolute atomic E-state index is 0.0440. The number of ether oxygens (including phenoxy) is 1. The molecule has 0 aromatic rings. The van der Waals surface area contributed by atoms with E-state index in [9.17, 15) is 9.59 Å². The Kier molecular flexibility index (Phi) is 5.76. The number of carboxylic acids is 1. The molecular formula is C11H20N2O4. The molecular weight excluding hydrogens is 224 g/mol. The van der Waals surface area contributed by atoms with Gasteiger partial charge in [0.25, 0.3) is 0 Å². The Morgan fingerprint density at radius 3 is 2.59 bits per heavy atom. The molecule has 0 aliphatic carbocycles. The number of carbonyl (C=O) groups is 2. The van der Waals surface area contributed by atoms with Gasteiger partial charge >= 0.3 is 12.0 Å². The van der Waals surface area contributed by atoms with Crippen molar-refractivity contribution in [1.29, 1.82) is 0 Å². The van der Waals surface area contributed by atoms with E-state index in [-0.39, 0.29) is 24.5 Å². The lowest BCUT2D eigenvalue weighted by Gasteiger charge is -2.24. The first-order chi connectivity index (χ1) is 8.11. The van der Waals surface area contributed by atoms with Gasteiger partial charge in [-0.1, -0.05) is 6.92 Å². The van der Waals surface area contributed by atoms with Crippen molar-refractivity contribution in [2.24, 2.45) is 0 Å². The van der Waals surface area contributed by atoms with E-state index in [1.54, 1.807) is 0 Å². The highest BCUT2D eigenvalue weighted by atomic mass is 16.5. The summed E-state index contributed by atoms with van der Waals surface area (Å²) in [5.41, 5.74) is 0. The summed E-state index contributed by atoms with van der Waals surface area (Å²) in [6.45, 7) is 3.18. The van der Waals surface area contributed by atoms with Gasteiger partial charge in [-0.2, -0.15) is 0 Å². The summed E-state index contributed by atoms with van der Waals surface area (Å²) in [6, 6.07) is -0.469. The van der Waals surface area contributed by atoms with E-state index in [2.05, 4.69) is 10.6 Å². The third-order valence-corrected chi connectivity index (χ3v) is 2.81. The minimum atomic E-state index is -0.900.